The van der Waals surface area contributed by atoms with Gasteiger partial charge in [-0.05, 0) is 37.1 Å². The molecule has 2 aromatic rings. The molecule has 0 unspecified atom stereocenters. The number of furan rings is 1. The lowest BCUT2D eigenvalue weighted by molar-refractivity contribution is -0.123. The van der Waals surface area contributed by atoms with Gasteiger partial charge in [0.25, 0.3) is 5.91 Å². The van der Waals surface area contributed by atoms with Gasteiger partial charge in [-0.1, -0.05) is 56.1 Å². The van der Waals surface area contributed by atoms with Crippen molar-refractivity contribution in [3.8, 4) is 11.3 Å². The van der Waals surface area contributed by atoms with Crippen molar-refractivity contribution < 1.29 is 27.9 Å². The molecule has 1 aromatic carbocycles. The second kappa shape index (κ2) is 9.54. The molecule has 1 aromatic heterocycles. The van der Waals surface area contributed by atoms with E-state index in [-0.39, 0.29) is 23.3 Å². The largest absolute Gasteiger partial charge is 0.477 e. The standard InChI is InChI=1S/C23H21F2NO4S2/c24-16-10-9-15(20(25)19(16)22(28)29)17-11-8-14(30-17)12-18-21(27)26(23(31)32-18)13-6-4-2-1-3-5-7-13/h8-13H,1-7H2,(H,28,29). The van der Waals surface area contributed by atoms with Gasteiger partial charge in [-0.25, -0.2) is 13.6 Å². The van der Waals surface area contributed by atoms with Crippen LogP contribution in [0.1, 0.15) is 61.1 Å². The molecule has 0 bridgehead atoms. The van der Waals surface area contributed by atoms with Crippen LogP contribution in [0.15, 0.2) is 33.6 Å². The van der Waals surface area contributed by atoms with Crippen LogP contribution < -0.4 is 0 Å². The summed E-state index contributed by atoms with van der Waals surface area (Å²) in [4.78, 5) is 26.3. The van der Waals surface area contributed by atoms with Crippen LogP contribution >= 0.6 is 24.0 Å². The Labute approximate surface area is 193 Å². The maximum Gasteiger partial charge on any atom is 0.341 e. The second-order valence-corrected chi connectivity index (χ2v) is 9.52. The average Bonchev–Trinajstić information content (AvgIpc) is 3.27. The summed E-state index contributed by atoms with van der Waals surface area (Å²) in [5, 5.41) is 9.06. The van der Waals surface area contributed by atoms with Gasteiger partial charge in [0, 0.05) is 12.1 Å². The minimum atomic E-state index is -1.70. The molecule has 4 rings (SSSR count). The molecule has 1 amide bonds. The molecular formula is C23H21F2NO4S2. The molecule has 1 saturated heterocycles. The van der Waals surface area contributed by atoms with Crippen LogP contribution in [-0.4, -0.2) is 32.2 Å². The number of carbonyl (C=O) groups is 2. The molecule has 5 nitrogen and oxygen atoms in total. The summed E-state index contributed by atoms with van der Waals surface area (Å²) in [6, 6.07) is 5.09. The van der Waals surface area contributed by atoms with Crippen molar-refractivity contribution in [1.29, 1.82) is 0 Å². The minimum Gasteiger partial charge on any atom is -0.477 e. The van der Waals surface area contributed by atoms with Crippen molar-refractivity contribution >= 4 is 46.3 Å². The molecule has 0 spiro atoms. The van der Waals surface area contributed by atoms with Gasteiger partial charge in [-0.2, -0.15) is 0 Å². The summed E-state index contributed by atoms with van der Waals surface area (Å²) in [5.41, 5.74) is -1.22. The van der Waals surface area contributed by atoms with Gasteiger partial charge >= 0.3 is 5.97 Å². The van der Waals surface area contributed by atoms with Gasteiger partial charge in [-0.3, -0.25) is 9.69 Å². The average molecular weight is 478 g/mol. The van der Waals surface area contributed by atoms with Crippen LogP contribution in [0.4, 0.5) is 8.78 Å². The van der Waals surface area contributed by atoms with Crippen molar-refractivity contribution in [3.05, 3.63) is 52.1 Å². The molecule has 32 heavy (non-hydrogen) atoms. The number of hydrogen-bond donors (Lipinski definition) is 1. The van der Waals surface area contributed by atoms with Crippen LogP contribution in [0.2, 0.25) is 0 Å². The molecule has 9 heteroatoms. The Bertz CT molecular complexity index is 1100. The Hall–Kier alpha value is -2.52. The molecular weight excluding hydrogens is 456 g/mol. The lowest BCUT2D eigenvalue weighted by Gasteiger charge is -2.28. The third kappa shape index (κ3) is 4.49. The van der Waals surface area contributed by atoms with E-state index in [0.717, 1.165) is 37.8 Å². The minimum absolute atomic E-state index is 0.0340. The monoisotopic (exact) mass is 477 g/mol. The highest BCUT2D eigenvalue weighted by molar-refractivity contribution is 8.26. The normalized spacial score (nSPS) is 19.4. The zero-order chi connectivity index (χ0) is 22.8. The predicted molar refractivity (Wildman–Crippen MR) is 122 cm³/mol. The Morgan fingerprint density at radius 2 is 1.81 bits per heavy atom. The fourth-order valence-corrected chi connectivity index (χ4v) is 5.51. The van der Waals surface area contributed by atoms with E-state index in [1.807, 2.05) is 0 Å². The van der Waals surface area contributed by atoms with E-state index in [2.05, 4.69) is 0 Å². The number of nitrogens with zero attached hydrogens (tertiary/aromatic N) is 1. The Morgan fingerprint density at radius 3 is 2.50 bits per heavy atom. The van der Waals surface area contributed by atoms with E-state index in [1.165, 1.54) is 37.1 Å². The maximum absolute atomic E-state index is 14.5. The lowest BCUT2D eigenvalue weighted by atomic mass is 9.96. The van der Waals surface area contributed by atoms with Crippen molar-refractivity contribution in [2.45, 2.75) is 51.0 Å². The first-order chi connectivity index (χ1) is 15.4. The number of benzene rings is 1. The van der Waals surface area contributed by atoms with Gasteiger partial charge in [0.15, 0.2) is 5.82 Å². The molecule has 1 saturated carbocycles. The quantitative estimate of drug-likeness (QED) is 0.415. The molecule has 0 atom stereocenters. The summed E-state index contributed by atoms with van der Waals surface area (Å²) in [7, 11) is 0. The Kier molecular flexibility index (Phi) is 6.76. The summed E-state index contributed by atoms with van der Waals surface area (Å²) < 4.78 is 34.4. The number of hydrogen-bond acceptors (Lipinski definition) is 5. The Morgan fingerprint density at radius 1 is 1.12 bits per heavy atom. The van der Waals surface area contributed by atoms with Crippen LogP contribution in [0, 0.1) is 11.6 Å². The van der Waals surface area contributed by atoms with Crippen LogP contribution in [-0.2, 0) is 4.79 Å². The first kappa shape index (κ1) is 22.7. The third-order valence-corrected chi connectivity index (χ3v) is 7.06. The number of carboxylic acid groups (broad SMARTS) is 1. The second-order valence-electron chi connectivity index (χ2n) is 7.84. The van der Waals surface area contributed by atoms with Gasteiger partial charge < -0.3 is 9.52 Å². The molecule has 0 radical (unpaired) electrons. The smallest absolute Gasteiger partial charge is 0.341 e. The molecule has 2 heterocycles. The number of thioether (sulfide) groups is 1. The van der Waals surface area contributed by atoms with Crippen LogP contribution in [0.25, 0.3) is 17.4 Å². The number of halogens is 2. The molecule has 2 fully saturated rings. The molecule has 1 aliphatic heterocycles. The number of amides is 1. The molecule has 2 aliphatic rings. The summed E-state index contributed by atoms with van der Waals surface area (Å²) in [6.45, 7) is 0. The van der Waals surface area contributed by atoms with Gasteiger partial charge in [-0.15, -0.1) is 0 Å². The van der Waals surface area contributed by atoms with E-state index >= 15 is 0 Å². The maximum atomic E-state index is 14.5. The fraction of sp³-hybridized carbons (Fsp3) is 0.348. The van der Waals surface area contributed by atoms with Gasteiger partial charge in [0.1, 0.15) is 27.2 Å². The van der Waals surface area contributed by atoms with E-state index in [1.54, 1.807) is 17.0 Å². The fourth-order valence-electron chi connectivity index (χ4n) is 4.13. The van der Waals surface area contributed by atoms with E-state index in [0.29, 0.717) is 15.0 Å². The van der Waals surface area contributed by atoms with E-state index in [4.69, 9.17) is 21.7 Å². The highest BCUT2D eigenvalue weighted by Crippen LogP contribution is 2.37. The van der Waals surface area contributed by atoms with E-state index in [9.17, 15) is 18.4 Å². The highest BCUT2D eigenvalue weighted by Gasteiger charge is 2.37. The number of thiocarbonyl (C=S) groups is 1. The highest BCUT2D eigenvalue weighted by atomic mass is 32.2. The van der Waals surface area contributed by atoms with Crippen LogP contribution in [0.3, 0.4) is 0 Å². The number of rotatable bonds is 4. The first-order valence-electron chi connectivity index (χ1n) is 10.5. The van der Waals surface area contributed by atoms with Crippen molar-refractivity contribution in [2.24, 2.45) is 0 Å². The Balaban J connectivity index is 1.57. The SMILES string of the molecule is O=C(O)c1c(F)ccc(-c2ccc(C=C3SC(=S)N(C4CCCCCCC4)C3=O)o2)c1F. The first-order valence-corrected chi connectivity index (χ1v) is 11.7. The number of aromatic carboxylic acids is 1. The van der Waals surface area contributed by atoms with Gasteiger partial charge in [0.05, 0.1) is 10.5 Å². The van der Waals surface area contributed by atoms with Crippen molar-refractivity contribution in [3.63, 3.8) is 0 Å². The molecule has 1 N–H and O–H groups in total. The number of carboxylic acids is 1. The van der Waals surface area contributed by atoms with Crippen LogP contribution in [0.5, 0.6) is 0 Å². The zero-order valence-corrected chi connectivity index (χ0v) is 18.7. The third-order valence-electron chi connectivity index (χ3n) is 5.73. The summed E-state index contributed by atoms with van der Waals surface area (Å²) in [6.07, 6.45) is 9.12. The molecule has 168 valence electrons. The van der Waals surface area contributed by atoms with Gasteiger partial charge in [0.2, 0.25) is 0 Å². The predicted octanol–water partition coefficient (Wildman–Crippen LogP) is 6.24. The lowest BCUT2D eigenvalue weighted by Crippen LogP contribution is -2.39. The van der Waals surface area contributed by atoms with E-state index < -0.39 is 23.2 Å². The topological polar surface area (TPSA) is 70.8 Å². The van der Waals surface area contributed by atoms with Crippen molar-refractivity contribution in [1.82, 2.24) is 4.90 Å². The van der Waals surface area contributed by atoms with Crippen molar-refractivity contribution in [2.75, 3.05) is 0 Å². The molecule has 1 aliphatic carbocycles. The zero-order valence-electron chi connectivity index (χ0n) is 17.1. The summed E-state index contributed by atoms with van der Waals surface area (Å²) >= 11 is 6.68. The number of carbonyl (C=O) groups excluding carboxylic acids is 1. The summed E-state index contributed by atoms with van der Waals surface area (Å²) in [5.74, 6) is -3.92.